The lowest BCUT2D eigenvalue weighted by Crippen LogP contribution is -1.99. The zero-order valence-corrected chi connectivity index (χ0v) is 7.34. The minimum Gasteiger partial charge on any atom is -0.336 e. The summed E-state index contributed by atoms with van der Waals surface area (Å²) in [6.07, 6.45) is 3.88. The molecule has 0 saturated heterocycles. The number of nitrogens with zero attached hydrogens (tertiary/aromatic N) is 2. The maximum atomic E-state index is 10.6. The average Bonchev–Trinajstić information content (AvgIpc) is 2.72. The third-order valence-electron chi connectivity index (χ3n) is 1.65. The number of aromatic nitrogens is 4. The van der Waals surface area contributed by atoms with Gasteiger partial charge in [0.05, 0.1) is 6.20 Å². The van der Waals surface area contributed by atoms with Crippen molar-refractivity contribution in [1.82, 2.24) is 19.7 Å². The SMILES string of the molecule is O=Cc1c[nH]c(=S)n1-c1ccn[nH]1. The number of hydrogen-bond acceptors (Lipinski definition) is 3. The monoisotopic (exact) mass is 194 g/mol. The maximum absolute atomic E-state index is 10.6. The summed E-state index contributed by atoms with van der Waals surface area (Å²) >= 11 is 4.99. The molecule has 13 heavy (non-hydrogen) atoms. The molecule has 0 bridgehead atoms. The summed E-state index contributed by atoms with van der Waals surface area (Å²) < 4.78 is 2.04. The van der Waals surface area contributed by atoms with Gasteiger partial charge in [0.25, 0.3) is 0 Å². The first-order valence-electron chi connectivity index (χ1n) is 3.58. The zero-order valence-electron chi connectivity index (χ0n) is 6.52. The topological polar surface area (TPSA) is 66.5 Å². The molecule has 5 nitrogen and oxygen atoms in total. The van der Waals surface area contributed by atoms with Crippen molar-refractivity contribution in [3.63, 3.8) is 0 Å². The van der Waals surface area contributed by atoms with Crippen molar-refractivity contribution >= 4 is 18.5 Å². The molecular formula is C7H6N4OS. The van der Waals surface area contributed by atoms with Crippen LogP contribution in [0.5, 0.6) is 0 Å². The van der Waals surface area contributed by atoms with Crippen LogP contribution in [-0.2, 0) is 0 Å². The summed E-state index contributed by atoms with van der Waals surface area (Å²) in [5.41, 5.74) is 0.467. The molecule has 0 amide bonds. The molecule has 66 valence electrons. The number of hydrogen-bond donors (Lipinski definition) is 2. The molecule has 2 rings (SSSR count). The van der Waals surface area contributed by atoms with Crippen LogP contribution in [-0.4, -0.2) is 26.0 Å². The number of aldehydes is 1. The highest BCUT2D eigenvalue weighted by atomic mass is 32.1. The Morgan fingerprint density at radius 2 is 2.46 bits per heavy atom. The fourth-order valence-electron chi connectivity index (χ4n) is 1.09. The van der Waals surface area contributed by atoms with E-state index in [2.05, 4.69) is 15.2 Å². The van der Waals surface area contributed by atoms with Crippen molar-refractivity contribution in [2.45, 2.75) is 0 Å². The van der Waals surface area contributed by atoms with Crippen molar-refractivity contribution in [1.29, 1.82) is 0 Å². The first-order chi connectivity index (χ1) is 6.33. The Morgan fingerprint density at radius 1 is 1.62 bits per heavy atom. The number of aromatic amines is 2. The normalized spacial score (nSPS) is 10.2. The Hall–Kier alpha value is -1.69. The number of carbonyl (C=O) groups excluding carboxylic acids is 1. The van der Waals surface area contributed by atoms with E-state index in [1.807, 2.05) is 0 Å². The summed E-state index contributed by atoms with van der Waals surface area (Å²) in [7, 11) is 0. The molecule has 2 heterocycles. The molecule has 0 aliphatic carbocycles. The van der Waals surface area contributed by atoms with Crippen LogP contribution in [0.1, 0.15) is 10.5 Å². The highest BCUT2D eigenvalue weighted by molar-refractivity contribution is 7.71. The second-order valence-corrected chi connectivity index (χ2v) is 2.80. The predicted octanol–water partition coefficient (Wildman–Crippen LogP) is 1.07. The third kappa shape index (κ3) is 1.20. The molecular weight excluding hydrogens is 188 g/mol. The molecule has 0 saturated carbocycles. The minimum absolute atomic E-state index is 0.464. The van der Waals surface area contributed by atoms with Crippen LogP contribution in [0.3, 0.4) is 0 Å². The predicted molar refractivity (Wildman–Crippen MR) is 48.5 cm³/mol. The molecule has 0 atom stereocenters. The maximum Gasteiger partial charge on any atom is 0.183 e. The van der Waals surface area contributed by atoms with Crippen molar-refractivity contribution in [3.8, 4) is 5.82 Å². The molecule has 0 unspecified atom stereocenters. The highest BCUT2D eigenvalue weighted by Gasteiger charge is 2.05. The van der Waals surface area contributed by atoms with Gasteiger partial charge in [-0.1, -0.05) is 0 Å². The van der Waals surface area contributed by atoms with Crippen LogP contribution < -0.4 is 0 Å². The standard InChI is InChI=1S/C7H6N4OS/c12-4-5-3-8-7(13)11(5)6-1-2-9-10-6/h1-4H,(H,8,13)(H,9,10). The van der Waals surface area contributed by atoms with Gasteiger partial charge >= 0.3 is 0 Å². The van der Waals surface area contributed by atoms with Crippen LogP contribution >= 0.6 is 12.2 Å². The van der Waals surface area contributed by atoms with Gasteiger partial charge in [0, 0.05) is 12.3 Å². The lowest BCUT2D eigenvalue weighted by Gasteiger charge is -1.98. The molecule has 6 heteroatoms. The van der Waals surface area contributed by atoms with E-state index in [-0.39, 0.29) is 0 Å². The highest BCUT2D eigenvalue weighted by Crippen LogP contribution is 2.06. The second-order valence-electron chi connectivity index (χ2n) is 2.41. The van der Waals surface area contributed by atoms with E-state index in [1.54, 1.807) is 23.0 Å². The fourth-order valence-corrected chi connectivity index (χ4v) is 1.35. The summed E-state index contributed by atoms with van der Waals surface area (Å²) in [5.74, 6) is 0.674. The van der Waals surface area contributed by atoms with E-state index in [0.717, 1.165) is 6.29 Å². The van der Waals surface area contributed by atoms with E-state index in [4.69, 9.17) is 12.2 Å². The molecule has 2 N–H and O–H groups in total. The summed E-state index contributed by atoms with van der Waals surface area (Å²) in [6.45, 7) is 0. The Kier molecular flexibility index (Phi) is 1.82. The van der Waals surface area contributed by atoms with Crippen LogP contribution in [0.15, 0.2) is 18.5 Å². The van der Waals surface area contributed by atoms with Crippen molar-refractivity contribution in [2.75, 3.05) is 0 Å². The van der Waals surface area contributed by atoms with Crippen LogP contribution in [0.4, 0.5) is 0 Å². The van der Waals surface area contributed by atoms with Gasteiger partial charge in [0.2, 0.25) is 0 Å². The molecule has 2 aromatic heterocycles. The van der Waals surface area contributed by atoms with Crippen molar-refractivity contribution < 1.29 is 4.79 Å². The van der Waals surface area contributed by atoms with Gasteiger partial charge < -0.3 is 4.98 Å². The van der Waals surface area contributed by atoms with E-state index in [9.17, 15) is 4.79 Å². The quantitative estimate of drug-likeness (QED) is 0.555. The summed E-state index contributed by atoms with van der Waals surface area (Å²) in [5, 5.41) is 6.50. The first-order valence-corrected chi connectivity index (χ1v) is 3.99. The van der Waals surface area contributed by atoms with Crippen LogP contribution in [0.2, 0.25) is 0 Å². The average molecular weight is 194 g/mol. The Bertz CT molecular complexity index is 467. The molecule has 0 spiro atoms. The van der Waals surface area contributed by atoms with Crippen LogP contribution in [0.25, 0.3) is 5.82 Å². The third-order valence-corrected chi connectivity index (χ3v) is 1.95. The fraction of sp³-hybridized carbons (Fsp3) is 0. The number of imidazole rings is 1. The second kappa shape index (κ2) is 2.98. The number of rotatable bonds is 2. The largest absolute Gasteiger partial charge is 0.336 e. The number of H-pyrrole nitrogens is 2. The summed E-state index contributed by atoms with van der Waals surface area (Å²) in [6, 6.07) is 1.73. The molecule has 2 aromatic rings. The van der Waals surface area contributed by atoms with Crippen molar-refractivity contribution in [2.24, 2.45) is 0 Å². The first kappa shape index (κ1) is 7.93. The zero-order chi connectivity index (χ0) is 9.26. The smallest absolute Gasteiger partial charge is 0.183 e. The Balaban J connectivity index is 2.69. The molecule has 0 aromatic carbocycles. The van der Waals surface area contributed by atoms with E-state index < -0.39 is 0 Å². The summed E-state index contributed by atoms with van der Waals surface area (Å²) in [4.78, 5) is 13.4. The van der Waals surface area contributed by atoms with E-state index in [1.165, 1.54) is 0 Å². The van der Waals surface area contributed by atoms with Gasteiger partial charge in [-0.25, -0.2) is 0 Å². The Morgan fingerprint density at radius 3 is 3.08 bits per heavy atom. The van der Waals surface area contributed by atoms with Gasteiger partial charge in [0.1, 0.15) is 11.5 Å². The van der Waals surface area contributed by atoms with Gasteiger partial charge in [-0.15, -0.1) is 0 Å². The lowest BCUT2D eigenvalue weighted by molar-refractivity contribution is 0.111. The van der Waals surface area contributed by atoms with Crippen LogP contribution in [0, 0.1) is 4.77 Å². The molecule has 0 fully saturated rings. The van der Waals surface area contributed by atoms with Crippen molar-refractivity contribution in [3.05, 3.63) is 28.9 Å². The lowest BCUT2D eigenvalue weighted by atomic mass is 10.5. The van der Waals surface area contributed by atoms with Gasteiger partial charge in [-0.2, -0.15) is 5.10 Å². The molecule has 0 aliphatic heterocycles. The number of carbonyl (C=O) groups is 1. The molecule has 0 aliphatic rings. The molecule has 0 radical (unpaired) electrons. The van der Waals surface area contributed by atoms with Gasteiger partial charge in [-0.3, -0.25) is 14.5 Å². The van der Waals surface area contributed by atoms with E-state index in [0.29, 0.717) is 16.3 Å². The van der Waals surface area contributed by atoms with Gasteiger partial charge in [0.15, 0.2) is 11.1 Å². The Labute approximate surface area is 78.4 Å². The number of nitrogens with one attached hydrogen (secondary N) is 2. The minimum atomic E-state index is 0.464. The van der Waals surface area contributed by atoms with E-state index >= 15 is 0 Å². The van der Waals surface area contributed by atoms with Gasteiger partial charge in [-0.05, 0) is 12.2 Å².